The van der Waals surface area contributed by atoms with Crippen LogP contribution in [0.5, 0.6) is 0 Å². The number of nitrogens with one attached hydrogen (secondary N) is 1. The Labute approximate surface area is 197 Å². The van der Waals surface area contributed by atoms with Crippen LogP contribution in [0.25, 0.3) is 22.4 Å². The van der Waals surface area contributed by atoms with E-state index in [1.807, 2.05) is 31.3 Å². The van der Waals surface area contributed by atoms with Gasteiger partial charge in [0.1, 0.15) is 5.69 Å². The van der Waals surface area contributed by atoms with E-state index < -0.39 is 10.0 Å². The second-order valence-corrected chi connectivity index (χ2v) is 10.2. The monoisotopic (exact) mass is 476 g/mol. The summed E-state index contributed by atoms with van der Waals surface area (Å²) in [5.74, 6) is 0.249. The summed E-state index contributed by atoms with van der Waals surface area (Å²) in [7, 11) is -1.59. The predicted octanol–water partition coefficient (Wildman–Crippen LogP) is 3.68. The van der Waals surface area contributed by atoms with Crippen LogP contribution >= 0.6 is 0 Å². The number of nitrogens with zero attached hydrogens (tertiary/aromatic N) is 3. The van der Waals surface area contributed by atoms with Gasteiger partial charge in [-0.3, -0.25) is 4.79 Å². The Morgan fingerprint density at radius 1 is 0.971 bits per heavy atom. The molecule has 0 aliphatic carbocycles. The fraction of sp³-hybridized carbons (Fsp3) is 0.200. The molecule has 3 heterocycles. The summed E-state index contributed by atoms with van der Waals surface area (Å²) >= 11 is 0. The molecule has 2 aromatic heterocycles. The van der Waals surface area contributed by atoms with E-state index in [9.17, 15) is 13.2 Å². The molecule has 1 amide bonds. The molecule has 174 valence electrons. The lowest BCUT2D eigenvalue weighted by Gasteiger charge is -2.31. The van der Waals surface area contributed by atoms with E-state index in [-0.39, 0.29) is 10.8 Å². The molecule has 0 spiro atoms. The van der Waals surface area contributed by atoms with Crippen molar-refractivity contribution in [1.29, 1.82) is 0 Å². The molecule has 0 atom stereocenters. The summed E-state index contributed by atoms with van der Waals surface area (Å²) in [4.78, 5) is 20.1. The molecule has 1 saturated heterocycles. The van der Waals surface area contributed by atoms with Crippen LogP contribution < -0.4 is 5.32 Å². The second kappa shape index (κ2) is 9.02. The normalized spacial score (nSPS) is 15.4. The quantitative estimate of drug-likeness (QED) is 0.472. The van der Waals surface area contributed by atoms with Gasteiger partial charge in [0.2, 0.25) is 10.0 Å². The van der Waals surface area contributed by atoms with Gasteiger partial charge in [0.05, 0.1) is 22.2 Å². The van der Waals surface area contributed by atoms with Crippen LogP contribution in [0.1, 0.15) is 10.4 Å². The molecule has 0 bridgehead atoms. The number of sulfonamides is 1. The van der Waals surface area contributed by atoms with Gasteiger partial charge in [-0.05, 0) is 55.6 Å². The third-order valence-corrected chi connectivity index (χ3v) is 7.86. The van der Waals surface area contributed by atoms with Crippen LogP contribution in [-0.4, -0.2) is 61.7 Å². The number of aromatic nitrogens is 1. The Morgan fingerprint density at radius 3 is 2.41 bits per heavy atom. The summed E-state index contributed by atoms with van der Waals surface area (Å²) in [6.45, 7) is 2.33. The summed E-state index contributed by atoms with van der Waals surface area (Å²) in [6, 6.07) is 18.9. The lowest BCUT2D eigenvalue weighted by molar-refractivity contribution is 0.102. The molecule has 1 aliphatic heterocycles. The zero-order chi connectivity index (χ0) is 23.7. The Morgan fingerprint density at radius 2 is 1.71 bits per heavy atom. The first-order valence-electron chi connectivity index (χ1n) is 11.0. The Balaban J connectivity index is 1.40. The highest BCUT2D eigenvalue weighted by atomic mass is 32.2. The summed E-state index contributed by atoms with van der Waals surface area (Å²) in [6.07, 6.45) is 1.56. The third kappa shape index (κ3) is 4.33. The molecule has 8 nitrogen and oxygen atoms in total. The van der Waals surface area contributed by atoms with E-state index in [0.717, 1.165) is 0 Å². The van der Waals surface area contributed by atoms with Crippen molar-refractivity contribution < 1.29 is 17.6 Å². The highest BCUT2D eigenvalue weighted by Gasteiger charge is 2.27. The average Bonchev–Trinajstić information content (AvgIpc) is 3.39. The van der Waals surface area contributed by atoms with Gasteiger partial charge >= 0.3 is 0 Å². The van der Waals surface area contributed by atoms with Crippen LogP contribution in [0.3, 0.4) is 0 Å². The van der Waals surface area contributed by atoms with Crippen molar-refractivity contribution in [2.45, 2.75) is 4.90 Å². The standard InChI is InChI=1S/C25H24N4O4S/c1-28-12-14-29(15-13-28)34(31,32)19-10-8-18(9-11-19)26-25(30)21-17-23(24-7-4-16-33-24)27-22-6-3-2-5-20(21)22/h2-11,16-17H,12-15H2,1H3,(H,26,30). The first-order chi connectivity index (χ1) is 16.4. The maximum absolute atomic E-state index is 13.2. The molecule has 2 aromatic carbocycles. The molecule has 0 unspecified atom stereocenters. The number of carbonyl (C=O) groups excluding carboxylic acids is 1. The fourth-order valence-electron chi connectivity index (χ4n) is 4.00. The maximum Gasteiger partial charge on any atom is 0.256 e. The summed E-state index contributed by atoms with van der Waals surface area (Å²) in [5.41, 5.74) is 2.19. The third-order valence-electron chi connectivity index (χ3n) is 5.95. The van der Waals surface area contributed by atoms with Gasteiger partial charge < -0.3 is 14.6 Å². The van der Waals surface area contributed by atoms with E-state index in [2.05, 4.69) is 15.2 Å². The van der Waals surface area contributed by atoms with E-state index in [0.29, 0.717) is 59.8 Å². The van der Waals surface area contributed by atoms with E-state index in [1.54, 1.807) is 36.6 Å². The zero-order valence-corrected chi connectivity index (χ0v) is 19.5. The highest BCUT2D eigenvalue weighted by molar-refractivity contribution is 7.89. The average molecular weight is 477 g/mol. The van der Waals surface area contributed by atoms with Gasteiger partial charge in [0.15, 0.2) is 5.76 Å². The van der Waals surface area contributed by atoms with Crippen molar-refractivity contribution in [3.63, 3.8) is 0 Å². The molecule has 34 heavy (non-hydrogen) atoms. The molecule has 0 saturated carbocycles. The first-order valence-corrected chi connectivity index (χ1v) is 12.4. The van der Waals surface area contributed by atoms with Crippen LogP contribution in [0.15, 0.2) is 82.3 Å². The molecule has 5 rings (SSSR count). The summed E-state index contributed by atoms with van der Waals surface area (Å²) < 4.78 is 32.9. The number of carbonyl (C=O) groups is 1. The van der Waals surface area contributed by atoms with Gasteiger partial charge in [0.25, 0.3) is 5.91 Å². The van der Waals surface area contributed by atoms with Gasteiger partial charge in [-0.25, -0.2) is 13.4 Å². The van der Waals surface area contributed by atoms with Crippen LogP contribution in [0, 0.1) is 0 Å². The fourth-order valence-corrected chi connectivity index (χ4v) is 5.42. The van der Waals surface area contributed by atoms with Crippen molar-refractivity contribution in [3.05, 3.63) is 78.6 Å². The number of benzene rings is 2. The van der Waals surface area contributed by atoms with E-state index in [4.69, 9.17) is 4.42 Å². The van der Waals surface area contributed by atoms with Crippen LogP contribution in [0.4, 0.5) is 5.69 Å². The lowest BCUT2D eigenvalue weighted by atomic mass is 10.1. The van der Waals surface area contributed by atoms with Gasteiger partial charge in [0, 0.05) is 37.3 Å². The number of hydrogen-bond acceptors (Lipinski definition) is 6. The SMILES string of the molecule is CN1CCN(S(=O)(=O)c2ccc(NC(=O)c3cc(-c4ccco4)nc4ccccc34)cc2)CC1. The number of furan rings is 1. The smallest absolute Gasteiger partial charge is 0.256 e. The second-order valence-electron chi connectivity index (χ2n) is 8.24. The maximum atomic E-state index is 13.2. The van der Waals surface area contributed by atoms with E-state index in [1.165, 1.54) is 16.4 Å². The minimum atomic E-state index is -3.57. The Kier molecular flexibility index (Phi) is 5.91. The number of hydrogen-bond donors (Lipinski definition) is 1. The number of rotatable bonds is 5. The summed E-state index contributed by atoms with van der Waals surface area (Å²) in [5, 5.41) is 3.59. The van der Waals surface area contributed by atoms with Crippen LogP contribution in [0.2, 0.25) is 0 Å². The molecular formula is C25H24N4O4S. The topological polar surface area (TPSA) is 95.8 Å². The molecular weight excluding hydrogens is 452 g/mol. The van der Waals surface area contributed by atoms with Crippen LogP contribution in [-0.2, 0) is 10.0 Å². The van der Waals surface area contributed by atoms with Crippen molar-refractivity contribution in [2.75, 3.05) is 38.5 Å². The molecule has 1 N–H and O–H groups in total. The zero-order valence-electron chi connectivity index (χ0n) is 18.6. The number of piperazine rings is 1. The first kappa shape index (κ1) is 22.3. The minimum absolute atomic E-state index is 0.213. The number of pyridine rings is 1. The number of likely N-dealkylation sites (N-methyl/N-ethyl adjacent to an activating group) is 1. The number of para-hydroxylation sites is 1. The van der Waals surface area contributed by atoms with Crippen molar-refractivity contribution in [1.82, 2.24) is 14.2 Å². The number of amides is 1. The lowest BCUT2D eigenvalue weighted by Crippen LogP contribution is -2.46. The van der Waals surface area contributed by atoms with Gasteiger partial charge in [-0.15, -0.1) is 0 Å². The van der Waals surface area contributed by atoms with E-state index >= 15 is 0 Å². The molecule has 0 radical (unpaired) electrons. The minimum Gasteiger partial charge on any atom is -0.463 e. The highest BCUT2D eigenvalue weighted by Crippen LogP contribution is 2.26. The van der Waals surface area contributed by atoms with Gasteiger partial charge in [-0.2, -0.15) is 4.31 Å². The van der Waals surface area contributed by atoms with Gasteiger partial charge in [-0.1, -0.05) is 18.2 Å². The van der Waals surface area contributed by atoms with Crippen molar-refractivity contribution in [3.8, 4) is 11.5 Å². The molecule has 1 aliphatic rings. The van der Waals surface area contributed by atoms with Crippen molar-refractivity contribution >= 4 is 32.5 Å². The molecule has 1 fully saturated rings. The Bertz CT molecular complexity index is 1430. The molecule has 9 heteroatoms. The number of fused-ring (bicyclic) bond motifs is 1. The van der Waals surface area contributed by atoms with Crippen molar-refractivity contribution in [2.24, 2.45) is 0 Å². The number of anilines is 1. The predicted molar refractivity (Wildman–Crippen MR) is 130 cm³/mol. The largest absolute Gasteiger partial charge is 0.463 e. The molecule has 4 aromatic rings. The Hall–Kier alpha value is -3.53.